The molecule has 0 amide bonds. The quantitative estimate of drug-likeness (QED) is 0.0195. The number of ether oxygens (including phenoxy) is 2. The molecule has 2 atom stereocenters. The van der Waals surface area contributed by atoms with Gasteiger partial charge in [0, 0.05) is 12.8 Å². The van der Waals surface area contributed by atoms with Crippen LogP contribution in [0.2, 0.25) is 0 Å². The molecule has 2 unspecified atom stereocenters. The van der Waals surface area contributed by atoms with Gasteiger partial charge in [0.1, 0.15) is 19.8 Å². The van der Waals surface area contributed by atoms with Crippen LogP contribution in [-0.4, -0.2) is 70.0 Å². The number of carbonyl (C=O) groups excluding carboxylic acids is 2. The van der Waals surface area contributed by atoms with Crippen LogP contribution in [0.4, 0.5) is 0 Å². The lowest BCUT2D eigenvalue weighted by atomic mass is 10.0. The van der Waals surface area contributed by atoms with Crippen molar-refractivity contribution in [2.45, 2.75) is 290 Å². The summed E-state index contributed by atoms with van der Waals surface area (Å²) in [6, 6.07) is 0. The monoisotopic (exact) mass is 1140 g/mol. The van der Waals surface area contributed by atoms with Gasteiger partial charge >= 0.3 is 11.9 Å². The van der Waals surface area contributed by atoms with Crippen LogP contribution in [0.1, 0.15) is 284 Å². The molecule has 0 heterocycles. The number of phosphoric ester groups is 1. The largest absolute Gasteiger partial charge is 0.756 e. The Morgan fingerprint density at radius 3 is 1.06 bits per heavy atom. The topological polar surface area (TPSA) is 111 Å². The molecular weight excluding hydrogens is 1010 g/mol. The molecule has 0 radical (unpaired) electrons. The first-order valence-corrected chi connectivity index (χ1v) is 34.4. The van der Waals surface area contributed by atoms with Gasteiger partial charge in [0.05, 0.1) is 27.7 Å². The molecule has 0 spiro atoms. The van der Waals surface area contributed by atoms with Crippen molar-refractivity contribution in [3.63, 3.8) is 0 Å². The lowest BCUT2D eigenvalue weighted by Crippen LogP contribution is -2.37. The van der Waals surface area contributed by atoms with Gasteiger partial charge in [-0.15, -0.1) is 0 Å². The molecule has 80 heavy (non-hydrogen) atoms. The second kappa shape index (κ2) is 60.5. The Labute approximate surface area is 493 Å². The van der Waals surface area contributed by atoms with E-state index in [2.05, 4.69) is 111 Å². The van der Waals surface area contributed by atoms with Gasteiger partial charge in [-0.1, -0.05) is 272 Å². The van der Waals surface area contributed by atoms with Gasteiger partial charge in [0.15, 0.2) is 6.10 Å². The first-order chi connectivity index (χ1) is 39.0. The van der Waals surface area contributed by atoms with Crippen molar-refractivity contribution in [3.8, 4) is 0 Å². The normalized spacial score (nSPS) is 13.8. The minimum absolute atomic E-state index is 0.0367. The zero-order chi connectivity index (χ0) is 58.4. The Kier molecular flexibility index (Phi) is 58.2. The Morgan fingerprint density at radius 1 is 0.400 bits per heavy atom. The van der Waals surface area contributed by atoms with Crippen molar-refractivity contribution in [1.82, 2.24) is 0 Å². The van der Waals surface area contributed by atoms with Crippen molar-refractivity contribution in [3.05, 3.63) is 97.2 Å². The SMILES string of the molecule is CC/C=C\C/C=C\C/C=C\C/C=C\C/C=C\CCCCCCCCCC(=O)OC(COC(=O)CCCCCCCCCCCCCCCCCCCC/C=C\C/C=C\C/C=C\CCCCCCC)COP(=O)([O-])OCC[N+](C)(C)C. The lowest BCUT2D eigenvalue weighted by Gasteiger charge is -2.28. The average molecular weight is 1140 g/mol. The minimum atomic E-state index is -4.65. The number of quaternary nitrogens is 1. The summed E-state index contributed by atoms with van der Waals surface area (Å²) in [6.07, 6.45) is 83.3. The Morgan fingerprint density at radius 2 is 0.713 bits per heavy atom. The highest BCUT2D eigenvalue weighted by molar-refractivity contribution is 7.45. The average Bonchev–Trinajstić information content (AvgIpc) is 3.42. The van der Waals surface area contributed by atoms with E-state index in [1.807, 2.05) is 21.1 Å². The van der Waals surface area contributed by atoms with E-state index in [9.17, 15) is 19.0 Å². The third kappa shape index (κ3) is 64.1. The number of likely N-dealkylation sites (N-methyl/N-ethyl adjacent to an activating group) is 1. The molecule has 10 heteroatoms. The fourth-order valence-electron chi connectivity index (χ4n) is 9.04. The van der Waals surface area contributed by atoms with Crippen LogP contribution < -0.4 is 4.89 Å². The van der Waals surface area contributed by atoms with E-state index < -0.39 is 26.5 Å². The summed E-state index contributed by atoms with van der Waals surface area (Å²) in [7, 11) is 1.15. The standard InChI is InChI=1S/C70H124NO8P/c1-6-8-10-12-14-16-18-20-22-24-26-28-30-31-32-33-34-35-36-37-38-39-41-42-44-46-48-50-52-54-56-58-60-62-69(72)76-66-68(67-78-80(74,75)77-65-64-71(3,4)5)79-70(73)63-61-59-57-55-53-51-49-47-45-43-40-29-27-25-23-21-19-17-15-13-11-9-7-2/h9,11,15,17-18,20-21,23-24,26-27,29-31,43,45,68H,6-8,10,12-14,16,19,22,25,28,32-42,44,46-67H2,1-5H3/b11-9-,17-15-,20-18-,23-21-,26-24-,29-27-,31-30-,45-43-. The van der Waals surface area contributed by atoms with Crippen LogP contribution in [0, 0.1) is 0 Å². The number of nitrogens with zero attached hydrogens (tertiary/aromatic N) is 1. The second-order valence-corrected chi connectivity index (χ2v) is 24.5. The van der Waals surface area contributed by atoms with Crippen molar-refractivity contribution >= 4 is 19.8 Å². The molecule has 0 fully saturated rings. The zero-order valence-electron chi connectivity index (χ0n) is 52.5. The van der Waals surface area contributed by atoms with Gasteiger partial charge in [0.2, 0.25) is 0 Å². The number of phosphoric acid groups is 1. The van der Waals surface area contributed by atoms with Gasteiger partial charge in [-0.25, -0.2) is 0 Å². The minimum Gasteiger partial charge on any atom is -0.756 e. The summed E-state index contributed by atoms with van der Waals surface area (Å²) in [6.45, 7) is 4.12. The molecule has 0 aliphatic rings. The van der Waals surface area contributed by atoms with Crippen LogP contribution in [0.3, 0.4) is 0 Å². The predicted octanol–water partition coefficient (Wildman–Crippen LogP) is 20.5. The van der Waals surface area contributed by atoms with Crippen LogP contribution in [0.15, 0.2) is 97.2 Å². The molecule has 0 N–H and O–H groups in total. The molecule has 0 aromatic carbocycles. The van der Waals surface area contributed by atoms with Crippen molar-refractivity contribution in [2.24, 2.45) is 0 Å². The Bertz CT molecular complexity index is 1670. The first kappa shape index (κ1) is 76.9. The predicted molar refractivity (Wildman–Crippen MR) is 342 cm³/mol. The van der Waals surface area contributed by atoms with E-state index in [1.165, 1.54) is 161 Å². The van der Waals surface area contributed by atoms with Crippen LogP contribution in [0.5, 0.6) is 0 Å². The van der Waals surface area contributed by atoms with E-state index in [1.54, 1.807) is 0 Å². The molecule has 0 saturated heterocycles. The van der Waals surface area contributed by atoms with Crippen LogP contribution >= 0.6 is 7.82 Å². The summed E-state index contributed by atoms with van der Waals surface area (Å²) in [4.78, 5) is 38.0. The zero-order valence-corrected chi connectivity index (χ0v) is 53.4. The fourth-order valence-corrected chi connectivity index (χ4v) is 9.77. The Hall–Kier alpha value is -3.07. The maximum atomic E-state index is 12.8. The van der Waals surface area contributed by atoms with Crippen LogP contribution in [-0.2, 0) is 32.7 Å². The van der Waals surface area contributed by atoms with E-state index in [0.29, 0.717) is 17.4 Å². The molecule has 0 aromatic heterocycles. The second-order valence-electron chi connectivity index (χ2n) is 23.1. The van der Waals surface area contributed by atoms with Crippen molar-refractivity contribution in [2.75, 3.05) is 47.5 Å². The summed E-state index contributed by atoms with van der Waals surface area (Å²) in [5, 5.41) is 0. The van der Waals surface area contributed by atoms with Crippen LogP contribution in [0.25, 0.3) is 0 Å². The molecule has 0 aromatic rings. The summed E-state index contributed by atoms with van der Waals surface area (Å²) >= 11 is 0. The number of rotatable bonds is 60. The van der Waals surface area contributed by atoms with Crippen molar-refractivity contribution in [1.29, 1.82) is 0 Å². The number of carbonyl (C=O) groups is 2. The Balaban J connectivity index is 4.07. The molecule has 0 aliphatic heterocycles. The highest BCUT2D eigenvalue weighted by Gasteiger charge is 2.22. The molecule has 0 bridgehead atoms. The molecule has 0 saturated carbocycles. The number of hydrogen-bond acceptors (Lipinski definition) is 8. The maximum absolute atomic E-state index is 12.8. The van der Waals surface area contributed by atoms with E-state index in [-0.39, 0.29) is 32.0 Å². The fraction of sp³-hybridized carbons (Fsp3) is 0.743. The number of unbranched alkanes of at least 4 members (excludes halogenated alkanes) is 30. The van der Waals surface area contributed by atoms with Gasteiger partial charge in [-0.05, 0) is 96.3 Å². The summed E-state index contributed by atoms with van der Waals surface area (Å²) in [5.74, 6) is -0.842. The smallest absolute Gasteiger partial charge is 0.306 e. The molecule has 9 nitrogen and oxygen atoms in total. The van der Waals surface area contributed by atoms with Crippen molar-refractivity contribution < 1.29 is 42.1 Å². The third-order valence-electron chi connectivity index (χ3n) is 14.1. The highest BCUT2D eigenvalue weighted by Crippen LogP contribution is 2.38. The van der Waals surface area contributed by atoms with E-state index in [0.717, 1.165) is 89.9 Å². The van der Waals surface area contributed by atoms with Gasteiger partial charge in [0.25, 0.3) is 7.82 Å². The van der Waals surface area contributed by atoms with E-state index >= 15 is 0 Å². The molecular formula is C70H124NO8P. The summed E-state index contributed by atoms with van der Waals surface area (Å²) < 4.78 is 34.2. The summed E-state index contributed by atoms with van der Waals surface area (Å²) in [5.41, 5.74) is 0. The first-order valence-electron chi connectivity index (χ1n) is 32.9. The number of esters is 2. The van der Waals surface area contributed by atoms with E-state index in [4.69, 9.17) is 18.5 Å². The number of hydrogen-bond donors (Lipinski definition) is 0. The maximum Gasteiger partial charge on any atom is 0.306 e. The number of allylic oxidation sites excluding steroid dienone is 16. The van der Waals surface area contributed by atoms with Gasteiger partial charge in [-0.2, -0.15) is 0 Å². The molecule has 0 aliphatic carbocycles. The molecule has 462 valence electrons. The third-order valence-corrected chi connectivity index (χ3v) is 15.1. The molecule has 0 rings (SSSR count). The highest BCUT2D eigenvalue weighted by atomic mass is 31.2. The van der Waals surface area contributed by atoms with Gasteiger partial charge < -0.3 is 27.9 Å². The van der Waals surface area contributed by atoms with Gasteiger partial charge in [-0.3, -0.25) is 14.2 Å². The lowest BCUT2D eigenvalue weighted by molar-refractivity contribution is -0.870.